The van der Waals surface area contributed by atoms with Crippen molar-refractivity contribution in [3.05, 3.63) is 24.3 Å². The highest BCUT2D eigenvalue weighted by Crippen LogP contribution is 2.44. The Hall–Kier alpha value is -2.37. The number of hydrogen-bond donors (Lipinski definition) is 2. The van der Waals surface area contributed by atoms with E-state index in [1.807, 2.05) is 0 Å². The van der Waals surface area contributed by atoms with E-state index >= 15 is 0 Å². The Kier molecular flexibility index (Phi) is 2.74. The largest absolute Gasteiger partial charge is 0.480 e. The minimum Gasteiger partial charge on any atom is -0.480 e. The van der Waals surface area contributed by atoms with Crippen LogP contribution >= 0.6 is 0 Å². The standard InChI is InChI=1S/C14H14N2O4/c17-11-8-16(10-5-2-1-4-9(10)15-11)12(18)14(13(19)20)6-3-7-14/h1-2,4-5H,3,6-8H2,(H,15,17)(H,19,20). The molecule has 1 heterocycles. The molecule has 1 fully saturated rings. The van der Waals surface area contributed by atoms with Gasteiger partial charge in [-0.3, -0.25) is 19.3 Å². The number of hydrogen-bond acceptors (Lipinski definition) is 3. The summed E-state index contributed by atoms with van der Waals surface area (Å²) in [6.45, 7) is -0.134. The highest BCUT2D eigenvalue weighted by atomic mass is 16.4. The molecule has 2 N–H and O–H groups in total. The van der Waals surface area contributed by atoms with Gasteiger partial charge in [0.05, 0.1) is 11.4 Å². The Balaban J connectivity index is 2.00. The molecule has 6 heteroatoms. The predicted molar refractivity (Wildman–Crippen MR) is 71.3 cm³/mol. The van der Waals surface area contributed by atoms with Crippen LogP contribution in [0.5, 0.6) is 0 Å². The summed E-state index contributed by atoms with van der Waals surface area (Å²) in [6, 6.07) is 6.91. The van der Waals surface area contributed by atoms with Crippen molar-refractivity contribution in [1.29, 1.82) is 0 Å². The summed E-state index contributed by atoms with van der Waals surface area (Å²) in [6.07, 6.45) is 1.39. The number of nitrogens with one attached hydrogen (secondary N) is 1. The number of para-hydroxylation sites is 2. The lowest BCUT2D eigenvalue weighted by molar-refractivity contribution is -0.161. The zero-order valence-corrected chi connectivity index (χ0v) is 10.8. The van der Waals surface area contributed by atoms with Gasteiger partial charge in [-0.1, -0.05) is 18.6 Å². The van der Waals surface area contributed by atoms with Crippen molar-refractivity contribution >= 4 is 29.2 Å². The zero-order chi connectivity index (χ0) is 14.3. The maximum Gasteiger partial charge on any atom is 0.319 e. The molecular weight excluding hydrogens is 260 g/mol. The Morgan fingerprint density at radius 2 is 1.95 bits per heavy atom. The fourth-order valence-corrected chi connectivity index (χ4v) is 2.72. The molecule has 1 saturated carbocycles. The van der Waals surface area contributed by atoms with Crippen LogP contribution in [0.3, 0.4) is 0 Å². The van der Waals surface area contributed by atoms with Gasteiger partial charge in [0.2, 0.25) is 11.8 Å². The fourth-order valence-electron chi connectivity index (χ4n) is 2.72. The number of benzene rings is 1. The third-order valence-corrected chi connectivity index (χ3v) is 4.04. The fraction of sp³-hybridized carbons (Fsp3) is 0.357. The lowest BCUT2D eigenvalue weighted by Gasteiger charge is -2.41. The van der Waals surface area contributed by atoms with Gasteiger partial charge in [-0.15, -0.1) is 0 Å². The molecule has 0 saturated heterocycles. The van der Waals surface area contributed by atoms with Crippen molar-refractivity contribution in [2.75, 3.05) is 16.8 Å². The first-order valence-electron chi connectivity index (χ1n) is 6.49. The number of fused-ring (bicyclic) bond motifs is 1. The molecule has 1 aliphatic carbocycles. The number of carbonyl (C=O) groups is 3. The van der Waals surface area contributed by atoms with Gasteiger partial charge in [-0.2, -0.15) is 0 Å². The van der Waals surface area contributed by atoms with Crippen molar-refractivity contribution in [2.24, 2.45) is 5.41 Å². The van der Waals surface area contributed by atoms with E-state index in [0.717, 1.165) is 6.42 Å². The third kappa shape index (κ3) is 1.68. The lowest BCUT2D eigenvalue weighted by atomic mass is 9.67. The monoisotopic (exact) mass is 274 g/mol. The van der Waals surface area contributed by atoms with E-state index in [1.54, 1.807) is 24.3 Å². The molecule has 2 amide bonds. The second-order valence-electron chi connectivity index (χ2n) is 5.20. The number of carboxylic acid groups (broad SMARTS) is 1. The molecule has 0 unspecified atom stereocenters. The molecule has 104 valence electrons. The van der Waals surface area contributed by atoms with Gasteiger partial charge >= 0.3 is 5.97 Å². The van der Waals surface area contributed by atoms with Crippen LogP contribution in [0.25, 0.3) is 0 Å². The van der Waals surface area contributed by atoms with E-state index in [9.17, 15) is 19.5 Å². The molecule has 3 rings (SSSR count). The van der Waals surface area contributed by atoms with Crippen LogP contribution in [0.4, 0.5) is 11.4 Å². The van der Waals surface area contributed by atoms with Gasteiger partial charge in [0.15, 0.2) is 0 Å². The van der Waals surface area contributed by atoms with Crippen molar-refractivity contribution in [1.82, 2.24) is 0 Å². The van der Waals surface area contributed by atoms with Crippen LogP contribution in [-0.2, 0) is 14.4 Å². The molecule has 1 aromatic rings. The lowest BCUT2D eigenvalue weighted by Crippen LogP contribution is -2.55. The maximum atomic E-state index is 12.6. The van der Waals surface area contributed by atoms with Gasteiger partial charge in [-0.05, 0) is 25.0 Å². The Bertz CT molecular complexity index is 607. The molecule has 2 aliphatic rings. The molecular formula is C14H14N2O4. The summed E-state index contributed by atoms with van der Waals surface area (Å²) in [5.41, 5.74) is -0.258. The van der Waals surface area contributed by atoms with Gasteiger partial charge < -0.3 is 10.4 Å². The van der Waals surface area contributed by atoms with Crippen molar-refractivity contribution in [3.63, 3.8) is 0 Å². The van der Waals surface area contributed by atoms with E-state index in [1.165, 1.54) is 4.90 Å². The topological polar surface area (TPSA) is 86.7 Å². The van der Waals surface area contributed by atoms with Gasteiger partial charge in [0.1, 0.15) is 12.0 Å². The van der Waals surface area contributed by atoms with Crippen molar-refractivity contribution < 1.29 is 19.5 Å². The number of amides is 2. The van der Waals surface area contributed by atoms with Crippen LogP contribution in [0.1, 0.15) is 19.3 Å². The van der Waals surface area contributed by atoms with Gasteiger partial charge in [0.25, 0.3) is 0 Å². The Morgan fingerprint density at radius 3 is 2.55 bits per heavy atom. The number of carbonyl (C=O) groups excluding carboxylic acids is 2. The maximum absolute atomic E-state index is 12.6. The molecule has 6 nitrogen and oxygen atoms in total. The first-order valence-corrected chi connectivity index (χ1v) is 6.49. The number of anilines is 2. The van der Waals surface area contributed by atoms with Crippen LogP contribution in [0.2, 0.25) is 0 Å². The second-order valence-corrected chi connectivity index (χ2v) is 5.20. The van der Waals surface area contributed by atoms with Crippen LogP contribution < -0.4 is 10.2 Å². The molecule has 0 spiro atoms. The molecule has 0 bridgehead atoms. The third-order valence-electron chi connectivity index (χ3n) is 4.04. The summed E-state index contributed by atoms with van der Waals surface area (Å²) in [5.74, 6) is -1.90. The quantitative estimate of drug-likeness (QED) is 0.794. The molecule has 20 heavy (non-hydrogen) atoms. The summed E-state index contributed by atoms with van der Waals surface area (Å²) in [4.78, 5) is 37.0. The average Bonchev–Trinajstić information content (AvgIpc) is 2.35. The van der Waals surface area contributed by atoms with Gasteiger partial charge in [0, 0.05) is 0 Å². The van der Waals surface area contributed by atoms with Crippen LogP contribution in [0, 0.1) is 5.41 Å². The first kappa shape index (κ1) is 12.7. The summed E-state index contributed by atoms with van der Waals surface area (Å²) in [7, 11) is 0. The van der Waals surface area contributed by atoms with Crippen LogP contribution in [0.15, 0.2) is 24.3 Å². The molecule has 0 atom stereocenters. The van der Waals surface area contributed by atoms with E-state index < -0.39 is 17.3 Å². The number of aliphatic carboxylic acids is 1. The number of rotatable bonds is 2. The van der Waals surface area contributed by atoms with Crippen LogP contribution in [-0.4, -0.2) is 29.4 Å². The minimum atomic E-state index is -1.36. The highest BCUT2D eigenvalue weighted by Gasteiger charge is 2.54. The molecule has 0 radical (unpaired) electrons. The summed E-state index contributed by atoms with van der Waals surface area (Å²) < 4.78 is 0. The zero-order valence-electron chi connectivity index (χ0n) is 10.8. The normalized spacial score (nSPS) is 19.6. The molecule has 1 aliphatic heterocycles. The summed E-state index contributed by atoms with van der Waals surface area (Å²) >= 11 is 0. The smallest absolute Gasteiger partial charge is 0.319 e. The summed E-state index contributed by atoms with van der Waals surface area (Å²) in [5, 5.41) is 12.0. The Morgan fingerprint density at radius 1 is 1.25 bits per heavy atom. The Labute approximate surface area is 115 Å². The molecule has 1 aromatic carbocycles. The average molecular weight is 274 g/mol. The predicted octanol–water partition coefficient (Wildman–Crippen LogP) is 1.23. The van der Waals surface area contributed by atoms with E-state index in [-0.39, 0.29) is 12.5 Å². The van der Waals surface area contributed by atoms with E-state index in [2.05, 4.69) is 5.32 Å². The number of carboxylic acids is 1. The van der Waals surface area contributed by atoms with E-state index in [0.29, 0.717) is 24.2 Å². The minimum absolute atomic E-state index is 0.134. The van der Waals surface area contributed by atoms with Gasteiger partial charge in [-0.25, -0.2) is 0 Å². The first-order chi connectivity index (χ1) is 9.54. The van der Waals surface area contributed by atoms with Crippen molar-refractivity contribution in [3.8, 4) is 0 Å². The van der Waals surface area contributed by atoms with E-state index in [4.69, 9.17) is 0 Å². The molecule has 0 aromatic heterocycles. The number of nitrogens with zero attached hydrogens (tertiary/aromatic N) is 1. The highest BCUT2D eigenvalue weighted by molar-refractivity contribution is 6.16. The second kappa shape index (κ2) is 4.33. The van der Waals surface area contributed by atoms with Crippen molar-refractivity contribution in [2.45, 2.75) is 19.3 Å². The SMILES string of the molecule is O=C1CN(C(=O)C2(C(=O)O)CCC2)c2ccccc2N1.